The Kier molecular flexibility index (Phi) is 5.36. The van der Waals surface area contributed by atoms with E-state index in [4.69, 9.17) is 4.52 Å². The third-order valence-electron chi connectivity index (χ3n) is 4.13. The van der Waals surface area contributed by atoms with Crippen LogP contribution in [-0.4, -0.2) is 46.9 Å². The highest BCUT2D eigenvalue weighted by Gasteiger charge is 2.22. The van der Waals surface area contributed by atoms with E-state index < -0.39 is 0 Å². The average Bonchev–Trinajstić information content (AvgIpc) is 2.94. The van der Waals surface area contributed by atoms with Gasteiger partial charge >= 0.3 is 0 Å². The van der Waals surface area contributed by atoms with Gasteiger partial charge in [-0.15, -0.1) is 0 Å². The molecule has 1 fully saturated rings. The lowest BCUT2D eigenvalue weighted by atomic mass is 10.2. The summed E-state index contributed by atoms with van der Waals surface area (Å²) in [7, 11) is 1.76. The van der Waals surface area contributed by atoms with Crippen LogP contribution in [0.3, 0.4) is 0 Å². The van der Waals surface area contributed by atoms with Gasteiger partial charge in [-0.25, -0.2) is 0 Å². The van der Waals surface area contributed by atoms with E-state index in [1.54, 1.807) is 18.0 Å². The van der Waals surface area contributed by atoms with Crippen LogP contribution in [0.15, 0.2) is 16.9 Å². The zero-order valence-corrected chi connectivity index (χ0v) is 12.7. The van der Waals surface area contributed by atoms with Gasteiger partial charge in [-0.05, 0) is 19.8 Å². The van der Waals surface area contributed by atoms with Crippen molar-refractivity contribution in [3.63, 3.8) is 0 Å². The van der Waals surface area contributed by atoms with Crippen LogP contribution in [0.5, 0.6) is 0 Å². The summed E-state index contributed by atoms with van der Waals surface area (Å²) in [6, 6.07) is 1.63. The summed E-state index contributed by atoms with van der Waals surface area (Å²) in [5.74, 6) is 0.190. The first-order valence-electron chi connectivity index (χ1n) is 7.53. The molecule has 2 rings (SSSR count). The minimum absolute atomic E-state index is 0.0162. The van der Waals surface area contributed by atoms with Crippen molar-refractivity contribution in [3.05, 3.63) is 18.0 Å². The van der Waals surface area contributed by atoms with Crippen LogP contribution in [0.2, 0.25) is 0 Å². The van der Waals surface area contributed by atoms with Gasteiger partial charge in [-0.3, -0.25) is 9.59 Å². The molecule has 1 aliphatic heterocycles. The molecule has 0 spiro atoms. The molecular formula is C15H23N3O3. The fourth-order valence-electron chi connectivity index (χ4n) is 2.53. The standard InChI is InChI=1S/C15H23N3O3/c1-12(13-8-11-21-16-13)17(2)14(19)7-10-18-9-5-3-4-6-15(18)20/h8,11-12H,3-7,9-10H2,1-2H3. The minimum Gasteiger partial charge on any atom is -0.364 e. The van der Waals surface area contributed by atoms with Gasteiger partial charge in [0.05, 0.1) is 6.04 Å². The summed E-state index contributed by atoms with van der Waals surface area (Å²) in [4.78, 5) is 27.6. The van der Waals surface area contributed by atoms with Crippen molar-refractivity contribution in [2.75, 3.05) is 20.1 Å². The predicted molar refractivity (Wildman–Crippen MR) is 77.4 cm³/mol. The molecule has 0 saturated carbocycles. The molecule has 1 aromatic rings. The van der Waals surface area contributed by atoms with Crippen LogP contribution in [0.1, 0.15) is 50.8 Å². The van der Waals surface area contributed by atoms with Crippen LogP contribution >= 0.6 is 0 Å². The van der Waals surface area contributed by atoms with Crippen molar-refractivity contribution in [2.24, 2.45) is 0 Å². The molecule has 0 radical (unpaired) electrons. The Labute approximate surface area is 125 Å². The lowest BCUT2D eigenvalue weighted by Gasteiger charge is -2.25. The third-order valence-corrected chi connectivity index (χ3v) is 4.13. The van der Waals surface area contributed by atoms with Gasteiger partial charge in [-0.2, -0.15) is 0 Å². The van der Waals surface area contributed by atoms with E-state index in [-0.39, 0.29) is 17.9 Å². The number of amides is 2. The highest BCUT2D eigenvalue weighted by Crippen LogP contribution is 2.18. The van der Waals surface area contributed by atoms with E-state index in [1.165, 1.54) is 6.26 Å². The molecule has 21 heavy (non-hydrogen) atoms. The lowest BCUT2D eigenvalue weighted by Crippen LogP contribution is -2.36. The Hall–Kier alpha value is -1.85. The summed E-state index contributed by atoms with van der Waals surface area (Å²) in [6.45, 7) is 3.19. The topological polar surface area (TPSA) is 66.7 Å². The summed E-state index contributed by atoms with van der Waals surface area (Å²) < 4.78 is 4.81. The number of carbonyl (C=O) groups is 2. The van der Waals surface area contributed by atoms with Crippen molar-refractivity contribution in [3.8, 4) is 0 Å². The second-order valence-electron chi connectivity index (χ2n) is 5.55. The van der Waals surface area contributed by atoms with Crippen molar-refractivity contribution in [1.82, 2.24) is 15.0 Å². The first kappa shape index (κ1) is 15.5. The lowest BCUT2D eigenvalue weighted by molar-refractivity contribution is -0.134. The molecule has 6 heteroatoms. The summed E-state index contributed by atoms with van der Waals surface area (Å²) >= 11 is 0. The third kappa shape index (κ3) is 4.06. The quantitative estimate of drug-likeness (QED) is 0.832. The molecule has 1 atom stereocenters. The molecule has 0 aromatic carbocycles. The van der Waals surface area contributed by atoms with Crippen molar-refractivity contribution in [2.45, 2.75) is 45.1 Å². The van der Waals surface area contributed by atoms with E-state index in [1.807, 2.05) is 11.8 Å². The summed E-state index contributed by atoms with van der Waals surface area (Å²) in [5.41, 5.74) is 0.733. The van der Waals surface area contributed by atoms with Crippen LogP contribution in [0.4, 0.5) is 0 Å². The van der Waals surface area contributed by atoms with Crippen LogP contribution < -0.4 is 0 Å². The molecule has 2 heterocycles. The normalized spacial score (nSPS) is 17.4. The average molecular weight is 293 g/mol. The number of rotatable bonds is 5. The second kappa shape index (κ2) is 7.24. The van der Waals surface area contributed by atoms with E-state index in [0.29, 0.717) is 19.4 Å². The predicted octanol–water partition coefficient (Wildman–Crippen LogP) is 1.99. The number of likely N-dealkylation sites (tertiary alicyclic amines) is 1. The van der Waals surface area contributed by atoms with Gasteiger partial charge in [0.1, 0.15) is 12.0 Å². The Morgan fingerprint density at radius 3 is 3.00 bits per heavy atom. The van der Waals surface area contributed by atoms with Crippen LogP contribution in [0, 0.1) is 0 Å². The zero-order valence-electron chi connectivity index (χ0n) is 12.7. The highest BCUT2D eigenvalue weighted by molar-refractivity contribution is 5.79. The van der Waals surface area contributed by atoms with Crippen LogP contribution in [-0.2, 0) is 9.59 Å². The van der Waals surface area contributed by atoms with Crippen LogP contribution in [0.25, 0.3) is 0 Å². The molecule has 6 nitrogen and oxygen atoms in total. The maximum atomic E-state index is 12.2. The summed E-state index contributed by atoms with van der Waals surface area (Å²) in [6.07, 6.45) is 5.56. The minimum atomic E-state index is -0.129. The molecular weight excluding hydrogens is 270 g/mol. The van der Waals surface area contributed by atoms with Gasteiger partial charge in [-0.1, -0.05) is 11.6 Å². The number of hydrogen-bond donors (Lipinski definition) is 0. The maximum absolute atomic E-state index is 12.2. The fraction of sp³-hybridized carbons (Fsp3) is 0.667. The van der Waals surface area contributed by atoms with Gasteiger partial charge in [0.2, 0.25) is 11.8 Å². The second-order valence-corrected chi connectivity index (χ2v) is 5.55. The molecule has 0 bridgehead atoms. The highest BCUT2D eigenvalue weighted by atomic mass is 16.5. The van der Waals surface area contributed by atoms with E-state index in [9.17, 15) is 9.59 Å². The smallest absolute Gasteiger partial charge is 0.224 e. The Bertz CT molecular complexity index is 473. The van der Waals surface area contributed by atoms with Gasteiger partial charge in [0, 0.05) is 39.0 Å². The number of hydrogen-bond acceptors (Lipinski definition) is 4. The molecule has 1 saturated heterocycles. The molecule has 0 N–H and O–H groups in total. The van der Waals surface area contributed by atoms with E-state index in [2.05, 4.69) is 5.16 Å². The zero-order chi connectivity index (χ0) is 15.2. The fourth-order valence-corrected chi connectivity index (χ4v) is 2.53. The monoisotopic (exact) mass is 293 g/mol. The van der Waals surface area contributed by atoms with Gasteiger partial charge in [0.15, 0.2) is 0 Å². The largest absolute Gasteiger partial charge is 0.364 e. The number of nitrogens with zero attached hydrogens (tertiary/aromatic N) is 3. The molecule has 116 valence electrons. The molecule has 1 aliphatic rings. The van der Waals surface area contributed by atoms with Crippen molar-refractivity contribution >= 4 is 11.8 Å². The Morgan fingerprint density at radius 2 is 2.29 bits per heavy atom. The summed E-state index contributed by atoms with van der Waals surface area (Å²) in [5, 5.41) is 3.86. The Balaban J connectivity index is 1.84. The van der Waals surface area contributed by atoms with Crippen molar-refractivity contribution < 1.29 is 14.1 Å². The van der Waals surface area contributed by atoms with Crippen molar-refractivity contribution in [1.29, 1.82) is 0 Å². The van der Waals surface area contributed by atoms with E-state index >= 15 is 0 Å². The van der Waals surface area contributed by atoms with Gasteiger partial charge < -0.3 is 14.3 Å². The maximum Gasteiger partial charge on any atom is 0.224 e. The SMILES string of the molecule is CC(c1ccon1)N(C)C(=O)CCN1CCCCCC1=O. The van der Waals surface area contributed by atoms with Gasteiger partial charge in [0.25, 0.3) is 0 Å². The molecule has 0 aliphatic carbocycles. The first-order valence-corrected chi connectivity index (χ1v) is 7.53. The van der Waals surface area contributed by atoms with E-state index in [0.717, 1.165) is 31.5 Å². The first-order chi connectivity index (χ1) is 10.1. The molecule has 1 aromatic heterocycles. The molecule has 1 unspecified atom stereocenters. The number of carbonyl (C=O) groups excluding carboxylic acids is 2. The number of aromatic nitrogens is 1. The molecule has 2 amide bonds. The Morgan fingerprint density at radius 1 is 1.48 bits per heavy atom.